The molecule has 1 aliphatic rings. The van der Waals surface area contributed by atoms with Crippen molar-refractivity contribution < 1.29 is 4.79 Å². The molecule has 0 bridgehead atoms. The molecule has 0 aliphatic carbocycles. The lowest BCUT2D eigenvalue weighted by atomic mass is 10.2. The predicted molar refractivity (Wildman–Crippen MR) is 80.1 cm³/mol. The van der Waals surface area contributed by atoms with E-state index in [1.54, 1.807) is 6.21 Å². The molecule has 0 atom stereocenters. The average Bonchev–Trinajstić information content (AvgIpc) is 2.77. The van der Waals surface area contributed by atoms with Crippen molar-refractivity contribution in [2.45, 2.75) is 17.4 Å². The largest absolute Gasteiger partial charge is 0.273 e. The van der Waals surface area contributed by atoms with Gasteiger partial charge in [-0.3, -0.25) is 4.79 Å². The summed E-state index contributed by atoms with van der Waals surface area (Å²) in [5.41, 5.74) is 3.57. The standard InChI is InChI=1S/C13H16N2OS2/c1-13(17-7-8-18-13)9-12(16)15-14-10-11-5-3-2-4-6-11/h2-6,10H,7-9H2,1H3,(H,15,16). The molecule has 1 amide bonds. The van der Waals surface area contributed by atoms with Gasteiger partial charge < -0.3 is 0 Å². The highest BCUT2D eigenvalue weighted by Gasteiger charge is 2.32. The third-order valence-corrected chi connectivity index (χ3v) is 5.87. The van der Waals surface area contributed by atoms with E-state index in [1.165, 1.54) is 0 Å². The summed E-state index contributed by atoms with van der Waals surface area (Å²) in [6.07, 6.45) is 2.17. The first-order valence-corrected chi connectivity index (χ1v) is 7.80. The number of nitrogens with one attached hydrogen (secondary N) is 1. The lowest BCUT2D eigenvalue weighted by Crippen LogP contribution is -2.26. The maximum absolute atomic E-state index is 11.7. The Morgan fingerprint density at radius 1 is 1.39 bits per heavy atom. The van der Waals surface area contributed by atoms with Gasteiger partial charge in [0.2, 0.25) is 5.91 Å². The van der Waals surface area contributed by atoms with Crippen LogP contribution in [-0.2, 0) is 4.79 Å². The van der Waals surface area contributed by atoms with Gasteiger partial charge in [0, 0.05) is 11.5 Å². The van der Waals surface area contributed by atoms with Crippen LogP contribution in [0.1, 0.15) is 18.9 Å². The molecule has 0 spiro atoms. The van der Waals surface area contributed by atoms with Crippen molar-refractivity contribution in [2.24, 2.45) is 5.10 Å². The molecule has 3 nitrogen and oxygen atoms in total. The zero-order chi connectivity index (χ0) is 12.8. The Morgan fingerprint density at radius 2 is 2.06 bits per heavy atom. The van der Waals surface area contributed by atoms with Gasteiger partial charge in [0.05, 0.1) is 16.7 Å². The van der Waals surface area contributed by atoms with Crippen molar-refractivity contribution in [3.8, 4) is 0 Å². The Bertz CT molecular complexity index is 428. The highest BCUT2D eigenvalue weighted by molar-refractivity contribution is 8.21. The van der Waals surface area contributed by atoms with Crippen molar-refractivity contribution in [1.29, 1.82) is 0 Å². The summed E-state index contributed by atoms with van der Waals surface area (Å²) in [7, 11) is 0. The topological polar surface area (TPSA) is 41.5 Å². The molecule has 1 aromatic rings. The van der Waals surface area contributed by atoms with Gasteiger partial charge in [0.25, 0.3) is 0 Å². The summed E-state index contributed by atoms with van der Waals surface area (Å²) in [5.74, 6) is 2.23. The second-order valence-electron chi connectivity index (χ2n) is 4.21. The number of hydrazone groups is 1. The van der Waals surface area contributed by atoms with Crippen LogP contribution in [0.25, 0.3) is 0 Å². The van der Waals surface area contributed by atoms with Gasteiger partial charge in [-0.15, -0.1) is 23.5 Å². The van der Waals surface area contributed by atoms with Crippen LogP contribution in [0, 0.1) is 0 Å². The lowest BCUT2D eigenvalue weighted by Gasteiger charge is -2.19. The number of amides is 1. The summed E-state index contributed by atoms with van der Waals surface area (Å²) >= 11 is 3.71. The van der Waals surface area contributed by atoms with E-state index in [1.807, 2.05) is 53.9 Å². The fraction of sp³-hybridized carbons (Fsp3) is 0.385. The molecule has 0 radical (unpaired) electrons. The van der Waals surface area contributed by atoms with Crippen molar-refractivity contribution in [2.75, 3.05) is 11.5 Å². The molecule has 1 saturated heterocycles. The number of thioether (sulfide) groups is 2. The number of rotatable bonds is 4. The van der Waals surface area contributed by atoms with Gasteiger partial charge >= 0.3 is 0 Å². The smallest absolute Gasteiger partial charge is 0.242 e. The van der Waals surface area contributed by atoms with Gasteiger partial charge in [-0.1, -0.05) is 30.3 Å². The first-order valence-electron chi connectivity index (χ1n) is 5.83. The van der Waals surface area contributed by atoms with Crippen LogP contribution >= 0.6 is 23.5 Å². The molecule has 5 heteroatoms. The fourth-order valence-electron chi connectivity index (χ4n) is 1.71. The molecule has 0 unspecified atom stereocenters. The van der Waals surface area contributed by atoms with E-state index in [2.05, 4.69) is 17.5 Å². The van der Waals surface area contributed by atoms with Crippen LogP contribution in [0.2, 0.25) is 0 Å². The molecule has 1 heterocycles. The summed E-state index contributed by atoms with van der Waals surface area (Å²) in [6.45, 7) is 2.12. The predicted octanol–water partition coefficient (Wildman–Crippen LogP) is 2.72. The molecule has 18 heavy (non-hydrogen) atoms. The second kappa shape index (κ2) is 6.29. The Morgan fingerprint density at radius 3 is 2.72 bits per heavy atom. The van der Waals surface area contributed by atoms with E-state index in [0.29, 0.717) is 6.42 Å². The summed E-state index contributed by atoms with van der Waals surface area (Å²) < 4.78 is 0.0202. The number of benzene rings is 1. The van der Waals surface area contributed by atoms with Crippen molar-refractivity contribution in [1.82, 2.24) is 5.43 Å². The summed E-state index contributed by atoms with van der Waals surface area (Å²) in [5, 5.41) is 3.97. The van der Waals surface area contributed by atoms with Crippen LogP contribution in [0.15, 0.2) is 35.4 Å². The van der Waals surface area contributed by atoms with Crippen LogP contribution in [-0.4, -0.2) is 27.7 Å². The molecule has 1 fully saturated rings. The molecular formula is C13H16N2OS2. The minimum Gasteiger partial charge on any atom is -0.273 e. The van der Waals surface area contributed by atoms with E-state index in [9.17, 15) is 4.79 Å². The average molecular weight is 280 g/mol. The normalized spacial score (nSPS) is 18.1. The maximum atomic E-state index is 11.7. The van der Waals surface area contributed by atoms with E-state index in [-0.39, 0.29) is 9.99 Å². The second-order valence-corrected chi connectivity index (χ2v) is 7.67. The van der Waals surface area contributed by atoms with Gasteiger partial charge in [-0.2, -0.15) is 5.10 Å². The zero-order valence-electron chi connectivity index (χ0n) is 10.3. The minimum atomic E-state index is -0.0217. The van der Waals surface area contributed by atoms with Crippen molar-refractivity contribution in [3.05, 3.63) is 35.9 Å². The first-order chi connectivity index (χ1) is 8.68. The minimum absolute atomic E-state index is 0.0202. The van der Waals surface area contributed by atoms with E-state index in [4.69, 9.17) is 0 Å². The number of carbonyl (C=O) groups is 1. The van der Waals surface area contributed by atoms with Crippen molar-refractivity contribution in [3.63, 3.8) is 0 Å². The number of hydrogen-bond acceptors (Lipinski definition) is 4. The van der Waals surface area contributed by atoms with Gasteiger partial charge in [0.1, 0.15) is 0 Å². The Hall–Kier alpha value is -0.940. The van der Waals surface area contributed by atoms with Gasteiger partial charge in [-0.25, -0.2) is 5.43 Å². The van der Waals surface area contributed by atoms with Crippen LogP contribution in [0.3, 0.4) is 0 Å². The lowest BCUT2D eigenvalue weighted by molar-refractivity contribution is -0.121. The molecule has 96 valence electrons. The number of hydrogen-bond donors (Lipinski definition) is 1. The Labute approximate surface area is 116 Å². The van der Waals surface area contributed by atoms with Crippen LogP contribution < -0.4 is 5.43 Å². The highest BCUT2D eigenvalue weighted by Crippen LogP contribution is 2.45. The molecule has 1 aliphatic heterocycles. The van der Waals surface area contributed by atoms with E-state index >= 15 is 0 Å². The summed E-state index contributed by atoms with van der Waals surface area (Å²) in [6, 6.07) is 9.72. The summed E-state index contributed by atoms with van der Waals surface area (Å²) in [4.78, 5) is 11.7. The van der Waals surface area contributed by atoms with Crippen LogP contribution in [0.5, 0.6) is 0 Å². The zero-order valence-corrected chi connectivity index (χ0v) is 11.9. The third kappa shape index (κ3) is 4.07. The quantitative estimate of drug-likeness (QED) is 0.681. The third-order valence-electron chi connectivity index (χ3n) is 2.58. The molecule has 1 aromatic carbocycles. The molecular weight excluding hydrogens is 264 g/mol. The van der Waals surface area contributed by atoms with E-state index in [0.717, 1.165) is 17.1 Å². The fourth-order valence-corrected chi connectivity index (χ4v) is 4.54. The van der Waals surface area contributed by atoms with Crippen molar-refractivity contribution >= 4 is 35.6 Å². The Kier molecular flexibility index (Phi) is 4.72. The molecule has 0 aromatic heterocycles. The monoisotopic (exact) mass is 280 g/mol. The molecule has 0 saturated carbocycles. The molecule has 2 rings (SSSR count). The first kappa shape index (κ1) is 13.5. The Balaban J connectivity index is 1.80. The molecule has 1 N–H and O–H groups in total. The number of nitrogens with zero attached hydrogens (tertiary/aromatic N) is 1. The van der Waals surface area contributed by atoms with Crippen LogP contribution in [0.4, 0.5) is 0 Å². The highest BCUT2D eigenvalue weighted by atomic mass is 32.2. The van der Waals surface area contributed by atoms with E-state index < -0.39 is 0 Å². The van der Waals surface area contributed by atoms with Gasteiger partial charge in [-0.05, 0) is 12.5 Å². The SMILES string of the molecule is CC1(CC(=O)NN=Cc2ccccc2)SCCS1. The maximum Gasteiger partial charge on any atom is 0.242 e. The number of carbonyl (C=O) groups excluding carboxylic acids is 1. The van der Waals surface area contributed by atoms with Gasteiger partial charge in [0.15, 0.2) is 0 Å².